The molecule has 112 valence electrons. The highest BCUT2D eigenvalue weighted by atomic mass is 32.2. The Morgan fingerprint density at radius 1 is 1.10 bits per heavy atom. The van der Waals surface area contributed by atoms with Crippen LogP contribution in [0.3, 0.4) is 0 Å². The zero-order valence-corrected chi connectivity index (χ0v) is 13.4. The number of sulfone groups is 2. The van der Waals surface area contributed by atoms with E-state index >= 15 is 0 Å². The number of anilines is 1. The number of hydrogen-bond donors (Lipinski definition) is 1. The van der Waals surface area contributed by atoms with Gasteiger partial charge in [0.25, 0.3) is 0 Å². The highest BCUT2D eigenvalue weighted by Gasteiger charge is 2.29. The molecule has 1 aromatic carbocycles. The Kier molecular flexibility index (Phi) is 3.85. The third-order valence-corrected chi connectivity index (χ3v) is 5.74. The normalized spacial score (nSPS) is 17.8. The maximum absolute atomic E-state index is 11.9. The van der Waals surface area contributed by atoms with Crippen LogP contribution >= 0.6 is 0 Å². The third-order valence-electron chi connectivity index (χ3n) is 3.49. The molecule has 1 atom stereocenters. The molecule has 1 unspecified atom stereocenters. The average molecular weight is 317 g/mol. The summed E-state index contributed by atoms with van der Waals surface area (Å²) in [5, 5.41) is 3.18. The van der Waals surface area contributed by atoms with Gasteiger partial charge in [0, 0.05) is 18.6 Å². The fraction of sp³-hybridized carbons (Fsp3) is 0.538. The maximum Gasteiger partial charge on any atom is 0.177 e. The lowest BCUT2D eigenvalue weighted by Gasteiger charge is -2.17. The molecule has 1 N–H and O–H groups in total. The van der Waals surface area contributed by atoms with E-state index in [1.54, 1.807) is 0 Å². The molecule has 0 spiro atoms. The summed E-state index contributed by atoms with van der Waals surface area (Å²) in [6.45, 7) is 2.01. The molecule has 7 heteroatoms. The first-order valence-corrected chi connectivity index (χ1v) is 10.2. The molecule has 20 heavy (non-hydrogen) atoms. The van der Waals surface area contributed by atoms with Crippen molar-refractivity contribution in [1.29, 1.82) is 0 Å². The van der Waals surface area contributed by atoms with E-state index in [2.05, 4.69) is 5.32 Å². The van der Waals surface area contributed by atoms with Crippen molar-refractivity contribution in [2.45, 2.75) is 35.6 Å². The Morgan fingerprint density at radius 2 is 1.70 bits per heavy atom. The second kappa shape index (κ2) is 5.04. The highest BCUT2D eigenvalue weighted by Crippen LogP contribution is 2.35. The van der Waals surface area contributed by atoms with E-state index < -0.39 is 19.7 Å². The van der Waals surface area contributed by atoms with E-state index in [1.165, 1.54) is 18.2 Å². The minimum atomic E-state index is -3.49. The lowest BCUT2D eigenvalue weighted by Crippen LogP contribution is -2.19. The van der Waals surface area contributed by atoms with Crippen molar-refractivity contribution in [3.8, 4) is 0 Å². The number of rotatable bonds is 5. The highest BCUT2D eigenvalue weighted by molar-refractivity contribution is 7.91. The van der Waals surface area contributed by atoms with Crippen LogP contribution in [0.2, 0.25) is 0 Å². The Labute approximate surface area is 120 Å². The van der Waals surface area contributed by atoms with Crippen molar-refractivity contribution in [3.05, 3.63) is 18.2 Å². The van der Waals surface area contributed by atoms with Crippen LogP contribution in [0.25, 0.3) is 0 Å². The lowest BCUT2D eigenvalue weighted by atomic mass is 10.2. The van der Waals surface area contributed by atoms with Crippen molar-refractivity contribution in [1.82, 2.24) is 0 Å². The summed E-state index contributed by atoms with van der Waals surface area (Å²) in [4.78, 5) is 0.0514. The number of benzene rings is 1. The zero-order valence-electron chi connectivity index (χ0n) is 11.8. The van der Waals surface area contributed by atoms with Crippen molar-refractivity contribution in [2.75, 3.05) is 17.8 Å². The summed E-state index contributed by atoms with van der Waals surface area (Å²) >= 11 is 0. The van der Waals surface area contributed by atoms with Gasteiger partial charge in [-0.15, -0.1) is 0 Å². The topological polar surface area (TPSA) is 80.3 Å². The largest absolute Gasteiger partial charge is 0.381 e. The predicted molar refractivity (Wildman–Crippen MR) is 78.5 cm³/mol. The van der Waals surface area contributed by atoms with E-state index in [0.29, 0.717) is 11.6 Å². The van der Waals surface area contributed by atoms with Gasteiger partial charge in [0.2, 0.25) is 0 Å². The summed E-state index contributed by atoms with van der Waals surface area (Å²) in [5.41, 5.74) is 0.472. The van der Waals surface area contributed by atoms with Gasteiger partial charge in [-0.25, -0.2) is 16.8 Å². The maximum atomic E-state index is 11.9. The molecule has 1 aromatic rings. The Bertz CT molecular complexity index is 719. The van der Waals surface area contributed by atoms with Crippen LogP contribution < -0.4 is 5.32 Å². The first kappa shape index (κ1) is 15.3. The van der Waals surface area contributed by atoms with Crippen molar-refractivity contribution in [2.24, 2.45) is 5.92 Å². The van der Waals surface area contributed by atoms with Crippen molar-refractivity contribution >= 4 is 25.4 Å². The molecule has 0 amide bonds. The molecule has 1 saturated carbocycles. The second-order valence-electron chi connectivity index (χ2n) is 5.47. The summed E-state index contributed by atoms with van der Waals surface area (Å²) < 4.78 is 46.8. The van der Waals surface area contributed by atoms with Gasteiger partial charge in [-0.1, -0.05) is 0 Å². The zero-order chi connectivity index (χ0) is 15.1. The van der Waals surface area contributed by atoms with Gasteiger partial charge >= 0.3 is 0 Å². The van der Waals surface area contributed by atoms with Crippen LogP contribution in [0, 0.1) is 5.92 Å². The molecular weight excluding hydrogens is 298 g/mol. The molecule has 2 rings (SSSR count). The standard InChI is InChI=1S/C13H19NO4S2/c1-9(10-4-5-10)14-12-7-6-11(19(2,15)16)8-13(12)20(3,17)18/h6-10,14H,4-5H2,1-3H3. The first-order chi connectivity index (χ1) is 9.09. The molecule has 0 aliphatic heterocycles. The fourth-order valence-electron chi connectivity index (χ4n) is 2.12. The van der Waals surface area contributed by atoms with E-state index in [0.717, 1.165) is 25.4 Å². The summed E-state index contributed by atoms with van der Waals surface area (Å²) in [6.07, 6.45) is 4.43. The van der Waals surface area contributed by atoms with Gasteiger partial charge in [-0.05, 0) is 43.9 Å². The molecular formula is C13H19NO4S2. The Balaban J connectivity index is 2.46. The van der Waals surface area contributed by atoms with Crippen molar-refractivity contribution < 1.29 is 16.8 Å². The molecule has 0 radical (unpaired) electrons. The molecule has 0 heterocycles. The van der Waals surface area contributed by atoms with Gasteiger partial charge < -0.3 is 5.32 Å². The minimum absolute atomic E-state index is 0.0163. The first-order valence-electron chi connectivity index (χ1n) is 6.40. The molecule has 1 fully saturated rings. The van der Waals surface area contributed by atoms with Crippen LogP contribution in [0.15, 0.2) is 28.0 Å². The average Bonchev–Trinajstić information content (AvgIpc) is 3.09. The van der Waals surface area contributed by atoms with E-state index in [9.17, 15) is 16.8 Å². The van der Waals surface area contributed by atoms with E-state index in [4.69, 9.17) is 0 Å². The number of nitrogens with one attached hydrogen (secondary N) is 1. The van der Waals surface area contributed by atoms with E-state index in [-0.39, 0.29) is 15.8 Å². The summed E-state index contributed by atoms with van der Waals surface area (Å²) in [6, 6.07) is 4.38. The summed E-state index contributed by atoms with van der Waals surface area (Å²) in [7, 11) is -6.92. The van der Waals surface area contributed by atoms with Gasteiger partial charge in [0.1, 0.15) is 0 Å². The van der Waals surface area contributed by atoms with Gasteiger partial charge in [-0.3, -0.25) is 0 Å². The molecule has 0 bridgehead atoms. The fourth-order valence-corrected chi connectivity index (χ4v) is 3.71. The van der Waals surface area contributed by atoms with Crippen LogP contribution in [-0.4, -0.2) is 35.4 Å². The molecule has 0 saturated heterocycles. The molecule has 1 aliphatic carbocycles. The van der Waals surface area contributed by atoms with Crippen molar-refractivity contribution in [3.63, 3.8) is 0 Å². The van der Waals surface area contributed by atoms with Crippen LogP contribution in [0.4, 0.5) is 5.69 Å². The minimum Gasteiger partial charge on any atom is -0.381 e. The smallest absolute Gasteiger partial charge is 0.177 e. The Hall–Kier alpha value is -1.08. The number of hydrogen-bond acceptors (Lipinski definition) is 5. The van der Waals surface area contributed by atoms with Crippen LogP contribution in [0.5, 0.6) is 0 Å². The van der Waals surface area contributed by atoms with E-state index in [1.807, 2.05) is 6.92 Å². The van der Waals surface area contributed by atoms with Gasteiger partial charge in [-0.2, -0.15) is 0 Å². The predicted octanol–water partition coefficient (Wildman–Crippen LogP) is 1.70. The van der Waals surface area contributed by atoms with Gasteiger partial charge in [0.15, 0.2) is 19.7 Å². The SMILES string of the molecule is CC(Nc1ccc(S(C)(=O)=O)cc1S(C)(=O)=O)C1CC1. The quantitative estimate of drug-likeness (QED) is 0.894. The van der Waals surface area contributed by atoms with Crippen LogP contribution in [0.1, 0.15) is 19.8 Å². The van der Waals surface area contributed by atoms with Gasteiger partial charge in [0.05, 0.1) is 15.5 Å². The molecule has 1 aliphatic rings. The monoisotopic (exact) mass is 317 g/mol. The Morgan fingerprint density at radius 3 is 2.15 bits per heavy atom. The van der Waals surface area contributed by atoms with Crippen LogP contribution in [-0.2, 0) is 19.7 Å². The summed E-state index contributed by atoms with van der Waals surface area (Å²) in [5.74, 6) is 0.567. The second-order valence-corrected chi connectivity index (χ2v) is 9.47. The molecule has 0 aromatic heterocycles. The third kappa shape index (κ3) is 3.52. The lowest BCUT2D eigenvalue weighted by molar-refractivity contribution is 0.600. The molecule has 5 nitrogen and oxygen atoms in total.